The van der Waals surface area contributed by atoms with Crippen LogP contribution < -0.4 is 5.11 Å². The highest BCUT2D eigenvalue weighted by Crippen LogP contribution is 2.05. The van der Waals surface area contributed by atoms with Crippen LogP contribution in [0.2, 0.25) is 0 Å². The topological polar surface area (TPSA) is 66.4 Å². The summed E-state index contributed by atoms with van der Waals surface area (Å²) in [5.41, 5.74) is 0. The third kappa shape index (κ3) is 11.5. The van der Waals surface area contributed by atoms with Crippen LogP contribution in [-0.4, -0.2) is 50.2 Å². The minimum Gasteiger partial charge on any atom is -0.550 e. The molecule has 110 valence electrons. The van der Waals surface area contributed by atoms with Crippen molar-refractivity contribution in [3.8, 4) is 0 Å². The summed E-state index contributed by atoms with van der Waals surface area (Å²) in [6.45, 7) is 2.51. The third-order valence-electron chi connectivity index (χ3n) is 2.41. The number of nitrogens with zero attached hydrogens (tertiary/aromatic N) is 1. The minimum absolute atomic E-state index is 0.274. The number of carbonyl (C=O) groups excluding carboxylic acids is 2. The van der Waals surface area contributed by atoms with Crippen molar-refractivity contribution in [3.63, 3.8) is 0 Å². The first-order valence-electron chi connectivity index (χ1n) is 6.62. The molecule has 5 heteroatoms. The fourth-order valence-electron chi connectivity index (χ4n) is 1.65. The molecule has 0 aliphatic rings. The van der Waals surface area contributed by atoms with Gasteiger partial charge in [-0.25, -0.2) is 4.79 Å². The predicted molar refractivity (Wildman–Crippen MR) is 71.1 cm³/mol. The lowest BCUT2D eigenvalue weighted by Gasteiger charge is -2.29. The average molecular weight is 271 g/mol. The molecule has 0 aromatic heterocycles. The van der Waals surface area contributed by atoms with E-state index in [4.69, 9.17) is 4.74 Å². The molecule has 0 aromatic rings. The maximum Gasteiger partial charge on any atom is 0.330 e. The van der Waals surface area contributed by atoms with Crippen molar-refractivity contribution in [1.82, 2.24) is 0 Å². The van der Waals surface area contributed by atoms with Crippen LogP contribution >= 0.6 is 0 Å². The quantitative estimate of drug-likeness (QED) is 0.265. The van der Waals surface area contributed by atoms with Crippen molar-refractivity contribution in [2.24, 2.45) is 0 Å². The van der Waals surface area contributed by atoms with E-state index in [2.05, 4.69) is 6.92 Å². The molecule has 0 aliphatic carbocycles. The van der Waals surface area contributed by atoms with Crippen molar-refractivity contribution >= 4 is 11.9 Å². The fraction of sp³-hybridized carbons (Fsp3) is 0.714. The van der Waals surface area contributed by atoms with Gasteiger partial charge < -0.3 is 19.1 Å². The molecule has 0 bridgehead atoms. The Balaban J connectivity index is 4.34. The van der Waals surface area contributed by atoms with Gasteiger partial charge >= 0.3 is 5.97 Å². The summed E-state index contributed by atoms with van der Waals surface area (Å²) >= 11 is 0. The zero-order valence-electron chi connectivity index (χ0n) is 12.3. The van der Waals surface area contributed by atoms with Gasteiger partial charge in [0.05, 0.1) is 21.1 Å². The van der Waals surface area contributed by atoms with E-state index in [1.807, 2.05) is 21.1 Å². The van der Waals surface area contributed by atoms with Gasteiger partial charge in [-0.2, -0.15) is 0 Å². The Labute approximate surface area is 115 Å². The van der Waals surface area contributed by atoms with E-state index in [0.717, 1.165) is 19.3 Å². The van der Waals surface area contributed by atoms with Crippen LogP contribution in [-0.2, 0) is 14.3 Å². The molecule has 0 rings (SSSR count). The van der Waals surface area contributed by atoms with E-state index in [1.54, 1.807) is 6.08 Å². The van der Waals surface area contributed by atoms with E-state index in [1.165, 1.54) is 6.08 Å². The van der Waals surface area contributed by atoms with Gasteiger partial charge in [-0.1, -0.05) is 25.8 Å². The lowest BCUT2D eigenvalue weighted by molar-refractivity contribution is -0.873. The Bertz CT molecular complexity index is 318. The van der Waals surface area contributed by atoms with Crippen LogP contribution in [0.3, 0.4) is 0 Å². The summed E-state index contributed by atoms with van der Waals surface area (Å²) in [6, 6.07) is 0. The molecule has 0 fully saturated rings. The highest BCUT2D eigenvalue weighted by molar-refractivity contribution is 5.82. The smallest absolute Gasteiger partial charge is 0.330 e. The normalized spacial score (nSPS) is 13.5. The number of esters is 1. The first-order valence-corrected chi connectivity index (χ1v) is 6.62. The van der Waals surface area contributed by atoms with Crippen LogP contribution in [0.25, 0.3) is 0 Å². The number of likely N-dealkylation sites (N-methyl/N-ethyl adjacent to an activating group) is 1. The molecule has 5 nitrogen and oxygen atoms in total. The number of allylic oxidation sites excluding steroid dienone is 1. The zero-order valence-corrected chi connectivity index (χ0v) is 12.3. The fourth-order valence-corrected chi connectivity index (χ4v) is 1.65. The summed E-state index contributed by atoms with van der Waals surface area (Å²) in [7, 11) is 5.73. The number of quaternary nitrogens is 1. The summed E-state index contributed by atoms with van der Waals surface area (Å²) in [5, 5.41) is 10.6. The van der Waals surface area contributed by atoms with Gasteiger partial charge in [-0.3, -0.25) is 0 Å². The summed E-state index contributed by atoms with van der Waals surface area (Å²) in [6.07, 6.45) is 5.10. The molecule has 0 heterocycles. The average Bonchev–Trinajstić information content (AvgIpc) is 2.20. The number of hydrogen-bond acceptors (Lipinski definition) is 4. The lowest BCUT2D eigenvalue weighted by atomic mass is 10.2. The molecule has 1 atom stereocenters. The second-order valence-corrected chi connectivity index (χ2v) is 5.65. The monoisotopic (exact) mass is 271 g/mol. The molecular weight excluding hydrogens is 246 g/mol. The van der Waals surface area contributed by atoms with Crippen molar-refractivity contribution in [2.75, 3.05) is 27.7 Å². The Morgan fingerprint density at radius 1 is 1.32 bits per heavy atom. The van der Waals surface area contributed by atoms with Gasteiger partial charge in [0.25, 0.3) is 0 Å². The Morgan fingerprint density at radius 3 is 2.42 bits per heavy atom. The summed E-state index contributed by atoms with van der Waals surface area (Å²) < 4.78 is 5.67. The van der Waals surface area contributed by atoms with Crippen molar-refractivity contribution < 1.29 is 23.9 Å². The molecule has 19 heavy (non-hydrogen) atoms. The molecule has 0 spiro atoms. The molecule has 0 N–H and O–H groups in total. The Morgan fingerprint density at radius 2 is 1.95 bits per heavy atom. The van der Waals surface area contributed by atoms with E-state index in [-0.39, 0.29) is 6.42 Å². The molecule has 0 aliphatic heterocycles. The maximum absolute atomic E-state index is 11.6. The number of rotatable bonds is 9. The number of carboxylic acids is 1. The summed E-state index contributed by atoms with van der Waals surface area (Å²) in [5.74, 6) is -1.70. The Kier molecular flexibility index (Phi) is 8.07. The number of ether oxygens (including phenoxy) is 1. The van der Waals surface area contributed by atoms with Crippen LogP contribution in [0, 0.1) is 0 Å². The Hall–Kier alpha value is -1.36. The first-order chi connectivity index (χ1) is 8.74. The van der Waals surface area contributed by atoms with Crippen LogP contribution in [0.1, 0.15) is 32.6 Å². The van der Waals surface area contributed by atoms with E-state index in [9.17, 15) is 14.7 Å². The molecule has 0 saturated heterocycles. The minimum atomic E-state index is -1.21. The SMILES string of the molecule is CCCC/C=C/C(=O)OC(CC(=O)[O-])C[N+](C)(C)C. The molecule has 0 radical (unpaired) electrons. The van der Waals surface area contributed by atoms with Crippen LogP contribution in [0.4, 0.5) is 0 Å². The lowest BCUT2D eigenvalue weighted by Crippen LogP contribution is -2.45. The number of carbonyl (C=O) groups is 2. The van der Waals surface area contributed by atoms with Crippen LogP contribution in [0.5, 0.6) is 0 Å². The van der Waals surface area contributed by atoms with Crippen molar-refractivity contribution in [1.29, 1.82) is 0 Å². The van der Waals surface area contributed by atoms with Gasteiger partial charge in [-0.15, -0.1) is 0 Å². The molecular formula is C14H25NO4. The van der Waals surface area contributed by atoms with Crippen molar-refractivity contribution in [2.45, 2.75) is 38.7 Å². The van der Waals surface area contributed by atoms with Gasteiger partial charge in [0.2, 0.25) is 0 Å². The van der Waals surface area contributed by atoms with E-state index >= 15 is 0 Å². The molecule has 0 saturated carbocycles. The number of carboxylic acid groups (broad SMARTS) is 1. The van der Waals surface area contributed by atoms with Gasteiger partial charge in [0, 0.05) is 18.5 Å². The molecule has 1 unspecified atom stereocenters. The predicted octanol–water partition coefficient (Wildman–Crippen LogP) is 0.491. The first kappa shape index (κ1) is 17.6. The van der Waals surface area contributed by atoms with E-state index < -0.39 is 18.0 Å². The number of hydrogen-bond donors (Lipinski definition) is 0. The number of aliphatic carboxylic acids is 1. The second kappa shape index (κ2) is 8.69. The largest absolute Gasteiger partial charge is 0.550 e. The van der Waals surface area contributed by atoms with Crippen LogP contribution in [0.15, 0.2) is 12.2 Å². The number of unbranched alkanes of at least 4 members (excludes halogenated alkanes) is 2. The molecule has 0 amide bonds. The van der Waals surface area contributed by atoms with E-state index in [0.29, 0.717) is 11.0 Å². The standard InChI is InChI=1S/C14H25NO4/c1-5-6-7-8-9-14(18)19-12(10-13(16)17)11-15(2,3)4/h8-9,12H,5-7,10-11H2,1-4H3/b9-8+. The second-order valence-electron chi connectivity index (χ2n) is 5.65. The van der Waals surface area contributed by atoms with Gasteiger partial charge in [0.15, 0.2) is 6.10 Å². The zero-order chi connectivity index (χ0) is 14.9. The van der Waals surface area contributed by atoms with Gasteiger partial charge in [-0.05, 0) is 6.42 Å². The van der Waals surface area contributed by atoms with Gasteiger partial charge in [0.1, 0.15) is 6.54 Å². The highest BCUT2D eigenvalue weighted by Gasteiger charge is 2.21. The maximum atomic E-state index is 11.6. The van der Waals surface area contributed by atoms with Crippen molar-refractivity contribution in [3.05, 3.63) is 12.2 Å². The highest BCUT2D eigenvalue weighted by atomic mass is 16.5. The summed E-state index contributed by atoms with van der Waals surface area (Å²) in [4.78, 5) is 22.2. The molecule has 0 aromatic carbocycles. The third-order valence-corrected chi connectivity index (χ3v) is 2.41.